The zero-order valence-electron chi connectivity index (χ0n) is 18.5. The Kier molecular flexibility index (Phi) is 7.53. The van der Waals surface area contributed by atoms with Crippen LogP contribution in [0.3, 0.4) is 0 Å². The van der Waals surface area contributed by atoms with E-state index in [1.54, 1.807) is 36.4 Å². The highest BCUT2D eigenvalue weighted by atomic mass is 19.1. The molecule has 4 rings (SSSR count). The first-order valence-electron chi connectivity index (χ1n) is 11.8. The summed E-state index contributed by atoms with van der Waals surface area (Å²) in [7, 11) is 0. The fraction of sp³-hybridized carbons (Fsp3) is 0.462. The minimum Gasteiger partial charge on any atom is -0.349 e. The van der Waals surface area contributed by atoms with E-state index in [4.69, 9.17) is 0 Å². The molecule has 1 aliphatic carbocycles. The molecular formula is C26H32FN3O2. The number of hydrogen-bond donors (Lipinski definition) is 2. The van der Waals surface area contributed by atoms with Crippen LogP contribution >= 0.6 is 0 Å². The Labute approximate surface area is 189 Å². The number of rotatable bonds is 6. The summed E-state index contributed by atoms with van der Waals surface area (Å²) in [4.78, 5) is 27.6. The van der Waals surface area contributed by atoms with Crippen LogP contribution in [0.2, 0.25) is 0 Å². The van der Waals surface area contributed by atoms with Gasteiger partial charge < -0.3 is 15.5 Å². The second-order valence-electron chi connectivity index (χ2n) is 9.09. The maximum absolute atomic E-state index is 13.3. The predicted molar refractivity (Wildman–Crippen MR) is 124 cm³/mol. The minimum atomic E-state index is -0.408. The van der Waals surface area contributed by atoms with Crippen molar-refractivity contribution in [2.75, 3.05) is 25.0 Å². The molecule has 5 nitrogen and oxygen atoms in total. The summed E-state index contributed by atoms with van der Waals surface area (Å²) in [5.41, 5.74) is 1.35. The number of carbonyl (C=O) groups is 2. The van der Waals surface area contributed by atoms with E-state index in [9.17, 15) is 14.0 Å². The number of halogens is 1. The number of benzene rings is 2. The molecule has 1 aliphatic heterocycles. The molecule has 170 valence electrons. The van der Waals surface area contributed by atoms with Gasteiger partial charge in [0, 0.05) is 42.5 Å². The van der Waals surface area contributed by atoms with Gasteiger partial charge in [-0.2, -0.15) is 0 Å². The van der Waals surface area contributed by atoms with E-state index in [0.29, 0.717) is 16.8 Å². The largest absolute Gasteiger partial charge is 0.349 e. The monoisotopic (exact) mass is 437 g/mol. The summed E-state index contributed by atoms with van der Waals surface area (Å²) in [6, 6.07) is 12.5. The van der Waals surface area contributed by atoms with E-state index in [2.05, 4.69) is 15.5 Å². The van der Waals surface area contributed by atoms with Crippen LogP contribution in [0, 0.1) is 11.7 Å². The van der Waals surface area contributed by atoms with Crippen LogP contribution < -0.4 is 10.6 Å². The van der Waals surface area contributed by atoms with E-state index >= 15 is 0 Å². The quantitative estimate of drug-likeness (QED) is 0.679. The number of piperidine rings is 1. The lowest BCUT2D eigenvalue weighted by atomic mass is 9.88. The van der Waals surface area contributed by atoms with Crippen molar-refractivity contribution in [3.63, 3.8) is 0 Å². The molecule has 0 radical (unpaired) electrons. The molecule has 0 atom stereocenters. The van der Waals surface area contributed by atoms with Crippen molar-refractivity contribution in [2.24, 2.45) is 5.92 Å². The molecule has 6 heteroatoms. The Hall–Kier alpha value is -2.73. The summed E-state index contributed by atoms with van der Waals surface area (Å²) in [5.74, 6) is 0.00174. The third-order valence-corrected chi connectivity index (χ3v) is 6.66. The molecule has 2 N–H and O–H groups in total. The molecule has 2 amide bonds. The van der Waals surface area contributed by atoms with Crippen LogP contribution in [0.5, 0.6) is 0 Å². The lowest BCUT2D eigenvalue weighted by molar-refractivity contribution is 0.0900. The molecule has 32 heavy (non-hydrogen) atoms. The van der Waals surface area contributed by atoms with E-state index in [0.717, 1.165) is 31.8 Å². The summed E-state index contributed by atoms with van der Waals surface area (Å²) in [6.07, 6.45) is 8.84. The van der Waals surface area contributed by atoms with Gasteiger partial charge >= 0.3 is 0 Å². The fourth-order valence-corrected chi connectivity index (χ4v) is 4.81. The second kappa shape index (κ2) is 10.7. The number of anilines is 1. The van der Waals surface area contributed by atoms with E-state index in [1.165, 1.54) is 50.8 Å². The van der Waals surface area contributed by atoms with Gasteiger partial charge in [0.25, 0.3) is 11.8 Å². The number of carbonyl (C=O) groups excluding carboxylic acids is 2. The molecule has 0 bridgehead atoms. The zero-order chi connectivity index (χ0) is 22.3. The minimum absolute atomic E-state index is 0.104. The van der Waals surface area contributed by atoms with Gasteiger partial charge in [0.15, 0.2) is 0 Å². The number of amides is 2. The average molecular weight is 438 g/mol. The molecule has 2 fully saturated rings. The highest BCUT2D eigenvalue weighted by Crippen LogP contribution is 2.25. The van der Waals surface area contributed by atoms with Gasteiger partial charge in [-0.1, -0.05) is 25.3 Å². The molecule has 1 heterocycles. The van der Waals surface area contributed by atoms with Gasteiger partial charge in [0.05, 0.1) is 0 Å². The number of likely N-dealkylation sites (tertiary alicyclic amines) is 1. The third-order valence-electron chi connectivity index (χ3n) is 6.66. The second-order valence-corrected chi connectivity index (χ2v) is 9.09. The maximum atomic E-state index is 13.3. The highest BCUT2D eigenvalue weighted by molar-refractivity contribution is 6.05. The van der Waals surface area contributed by atoms with Gasteiger partial charge in [-0.3, -0.25) is 9.59 Å². The Balaban J connectivity index is 1.24. The van der Waals surface area contributed by atoms with Crippen LogP contribution in [-0.2, 0) is 0 Å². The smallest absolute Gasteiger partial charge is 0.255 e. The summed E-state index contributed by atoms with van der Waals surface area (Å²) < 4.78 is 13.3. The van der Waals surface area contributed by atoms with Gasteiger partial charge in [0.1, 0.15) is 5.82 Å². The van der Waals surface area contributed by atoms with Crippen LogP contribution in [0.4, 0.5) is 10.1 Å². The number of nitrogens with zero attached hydrogens (tertiary/aromatic N) is 1. The lowest BCUT2D eigenvalue weighted by Crippen LogP contribution is -2.45. The molecule has 2 aromatic rings. The van der Waals surface area contributed by atoms with Crippen LogP contribution in [0.25, 0.3) is 0 Å². The average Bonchev–Trinajstić information content (AvgIpc) is 2.81. The highest BCUT2D eigenvalue weighted by Gasteiger charge is 2.24. The molecular weight excluding hydrogens is 405 g/mol. The standard InChI is InChI=1S/C26H32FN3O2/c27-22-7-4-8-24(17-22)29-26(32)21-11-9-20(10-12-21)25(31)28-23-13-15-30(16-14-23)18-19-5-2-1-3-6-19/h4,7-12,17,19,23H,1-3,5-6,13-16,18H2,(H,28,31)(H,29,32). The molecule has 2 aliphatic rings. The Morgan fingerprint density at radius 1 is 0.875 bits per heavy atom. The lowest BCUT2D eigenvalue weighted by Gasteiger charge is -2.35. The van der Waals surface area contributed by atoms with Crippen molar-refractivity contribution in [2.45, 2.75) is 51.0 Å². The normalized spacial score (nSPS) is 18.3. The molecule has 0 aromatic heterocycles. The maximum Gasteiger partial charge on any atom is 0.255 e. The zero-order valence-corrected chi connectivity index (χ0v) is 18.5. The van der Waals surface area contributed by atoms with Crippen molar-refractivity contribution in [3.8, 4) is 0 Å². The fourth-order valence-electron chi connectivity index (χ4n) is 4.81. The van der Waals surface area contributed by atoms with Crippen molar-refractivity contribution >= 4 is 17.5 Å². The number of nitrogens with one attached hydrogen (secondary N) is 2. The topological polar surface area (TPSA) is 61.4 Å². The summed E-state index contributed by atoms with van der Waals surface area (Å²) >= 11 is 0. The third kappa shape index (κ3) is 6.16. The molecule has 1 saturated carbocycles. The van der Waals surface area contributed by atoms with Crippen LogP contribution in [0.15, 0.2) is 48.5 Å². The van der Waals surface area contributed by atoms with Crippen molar-refractivity contribution in [1.29, 1.82) is 0 Å². The van der Waals surface area contributed by atoms with Crippen molar-refractivity contribution in [3.05, 3.63) is 65.5 Å². The van der Waals surface area contributed by atoms with Crippen LogP contribution in [-0.4, -0.2) is 42.4 Å². The molecule has 1 saturated heterocycles. The van der Waals surface area contributed by atoms with Gasteiger partial charge in [-0.25, -0.2) is 4.39 Å². The van der Waals surface area contributed by atoms with Crippen LogP contribution in [0.1, 0.15) is 65.7 Å². The SMILES string of the molecule is O=C(Nc1cccc(F)c1)c1ccc(C(=O)NC2CCN(CC3CCCCC3)CC2)cc1. The molecule has 2 aromatic carbocycles. The Bertz CT molecular complexity index is 917. The predicted octanol–water partition coefficient (Wildman–Crippen LogP) is 4.85. The van der Waals surface area contributed by atoms with Crippen molar-refractivity contribution in [1.82, 2.24) is 10.2 Å². The first kappa shape index (κ1) is 22.5. The first-order valence-corrected chi connectivity index (χ1v) is 11.8. The van der Waals surface area contributed by atoms with Gasteiger partial charge in [-0.05, 0) is 74.1 Å². The van der Waals surface area contributed by atoms with E-state index in [-0.39, 0.29) is 17.9 Å². The summed E-state index contributed by atoms with van der Waals surface area (Å²) in [5, 5.41) is 5.81. The Morgan fingerprint density at radius 2 is 1.53 bits per heavy atom. The van der Waals surface area contributed by atoms with Gasteiger partial charge in [0.2, 0.25) is 0 Å². The molecule has 0 spiro atoms. The first-order chi connectivity index (χ1) is 15.6. The van der Waals surface area contributed by atoms with Gasteiger partial charge in [-0.15, -0.1) is 0 Å². The van der Waals surface area contributed by atoms with Crippen molar-refractivity contribution < 1.29 is 14.0 Å². The van der Waals surface area contributed by atoms with E-state index < -0.39 is 5.82 Å². The Morgan fingerprint density at radius 3 is 2.19 bits per heavy atom. The summed E-state index contributed by atoms with van der Waals surface area (Å²) in [6.45, 7) is 3.29. The number of hydrogen-bond acceptors (Lipinski definition) is 3. The van der Waals surface area contributed by atoms with E-state index in [1.807, 2.05) is 0 Å². The molecule has 0 unspecified atom stereocenters.